The van der Waals surface area contributed by atoms with Crippen LogP contribution in [-0.4, -0.2) is 53.0 Å². The summed E-state index contributed by atoms with van der Waals surface area (Å²) >= 11 is 0. The van der Waals surface area contributed by atoms with Crippen LogP contribution >= 0.6 is 0 Å². The fourth-order valence-electron chi connectivity index (χ4n) is 4.72. The first-order valence-corrected chi connectivity index (χ1v) is 12.1. The van der Waals surface area contributed by atoms with E-state index >= 15 is 0 Å². The Labute approximate surface area is 213 Å². The molecule has 37 heavy (non-hydrogen) atoms. The quantitative estimate of drug-likeness (QED) is 0.383. The fourth-order valence-corrected chi connectivity index (χ4v) is 4.72. The van der Waals surface area contributed by atoms with Crippen LogP contribution in [0.4, 0.5) is 21.8 Å². The lowest BCUT2D eigenvalue weighted by Crippen LogP contribution is -2.47. The van der Waals surface area contributed by atoms with E-state index in [1.54, 1.807) is 19.2 Å². The number of hydrogen-bond acceptors (Lipinski definition) is 7. The molecule has 0 unspecified atom stereocenters. The molecule has 3 heterocycles. The van der Waals surface area contributed by atoms with Crippen molar-refractivity contribution in [2.75, 3.05) is 48.8 Å². The molecule has 8 nitrogen and oxygen atoms in total. The molecule has 1 saturated heterocycles. The van der Waals surface area contributed by atoms with E-state index in [0.29, 0.717) is 34.2 Å². The molecule has 5 aromatic rings. The molecule has 0 saturated carbocycles. The molecule has 2 aromatic heterocycles. The predicted octanol–water partition coefficient (Wildman–Crippen LogP) is 4.54. The van der Waals surface area contributed by atoms with Crippen LogP contribution in [0.3, 0.4) is 0 Å². The first-order valence-electron chi connectivity index (χ1n) is 12.1. The van der Waals surface area contributed by atoms with Gasteiger partial charge in [0.2, 0.25) is 5.95 Å². The molecule has 1 aliphatic heterocycles. The van der Waals surface area contributed by atoms with Gasteiger partial charge in [0, 0.05) is 43.5 Å². The lowest BCUT2D eigenvalue weighted by Gasteiger charge is -2.36. The SMILES string of the molecule is COc1cccc(N2CCN(c3nc(-c4ccccc4)c4c(N)n(-c5cccc(F)c5)nc4n3)CC2)c1. The van der Waals surface area contributed by atoms with Gasteiger partial charge in [-0.15, -0.1) is 5.10 Å². The van der Waals surface area contributed by atoms with Crippen molar-refractivity contribution in [2.45, 2.75) is 0 Å². The van der Waals surface area contributed by atoms with Gasteiger partial charge >= 0.3 is 0 Å². The third-order valence-electron chi connectivity index (χ3n) is 6.64. The summed E-state index contributed by atoms with van der Waals surface area (Å²) in [4.78, 5) is 14.3. The maximum Gasteiger partial charge on any atom is 0.228 e. The molecule has 0 atom stereocenters. The van der Waals surface area contributed by atoms with Crippen LogP contribution in [0.1, 0.15) is 0 Å². The molecule has 0 amide bonds. The maximum absolute atomic E-state index is 14.0. The van der Waals surface area contributed by atoms with Crippen molar-refractivity contribution >= 4 is 28.5 Å². The average Bonchev–Trinajstić information content (AvgIpc) is 3.29. The molecular weight excluding hydrogens is 469 g/mol. The number of benzene rings is 3. The van der Waals surface area contributed by atoms with Crippen LogP contribution in [0.2, 0.25) is 0 Å². The van der Waals surface area contributed by atoms with Gasteiger partial charge in [-0.1, -0.05) is 42.5 Å². The number of aromatic nitrogens is 4. The second-order valence-corrected chi connectivity index (χ2v) is 8.89. The highest BCUT2D eigenvalue weighted by atomic mass is 19.1. The van der Waals surface area contributed by atoms with Gasteiger partial charge in [-0.3, -0.25) is 0 Å². The van der Waals surface area contributed by atoms with E-state index in [1.807, 2.05) is 48.5 Å². The molecule has 3 aromatic carbocycles. The zero-order valence-corrected chi connectivity index (χ0v) is 20.4. The molecule has 9 heteroatoms. The number of methoxy groups -OCH3 is 1. The molecule has 2 N–H and O–H groups in total. The van der Waals surface area contributed by atoms with Gasteiger partial charge in [-0.2, -0.15) is 4.98 Å². The predicted molar refractivity (Wildman–Crippen MR) is 144 cm³/mol. The number of nitrogens with two attached hydrogens (primary N) is 1. The van der Waals surface area contributed by atoms with Crippen molar-refractivity contribution in [2.24, 2.45) is 0 Å². The van der Waals surface area contributed by atoms with Crippen LogP contribution < -0.4 is 20.3 Å². The van der Waals surface area contributed by atoms with Crippen molar-refractivity contribution < 1.29 is 9.13 Å². The summed E-state index contributed by atoms with van der Waals surface area (Å²) in [6.07, 6.45) is 0. The van der Waals surface area contributed by atoms with E-state index in [9.17, 15) is 4.39 Å². The maximum atomic E-state index is 14.0. The van der Waals surface area contributed by atoms with Crippen LogP contribution in [0.15, 0.2) is 78.9 Å². The number of hydrogen-bond donors (Lipinski definition) is 1. The van der Waals surface area contributed by atoms with E-state index < -0.39 is 0 Å². The summed E-state index contributed by atoms with van der Waals surface area (Å²) in [5.74, 6) is 1.45. The summed E-state index contributed by atoms with van der Waals surface area (Å²) in [6, 6.07) is 24.1. The molecular formula is C28H26FN7O. The van der Waals surface area contributed by atoms with E-state index in [4.69, 9.17) is 20.4 Å². The number of ether oxygens (including phenoxy) is 1. The topological polar surface area (TPSA) is 85.3 Å². The lowest BCUT2D eigenvalue weighted by molar-refractivity contribution is 0.414. The number of halogens is 1. The molecule has 0 bridgehead atoms. The normalized spacial score (nSPS) is 13.8. The van der Waals surface area contributed by atoms with Crippen LogP contribution in [0.5, 0.6) is 5.75 Å². The lowest BCUT2D eigenvalue weighted by atomic mass is 10.1. The van der Waals surface area contributed by atoms with Gasteiger partial charge in [0.25, 0.3) is 0 Å². The minimum atomic E-state index is -0.361. The summed E-state index contributed by atoms with van der Waals surface area (Å²) in [6.45, 7) is 3.12. The largest absolute Gasteiger partial charge is 0.497 e. The molecule has 1 aliphatic rings. The Kier molecular flexibility index (Phi) is 5.80. The highest BCUT2D eigenvalue weighted by Crippen LogP contribution is 2.34. The van der Waals surface area contributed by atoms with Crippen molar-refractivity contribution in [3.05, 3.63) is 84.7 Å². The second-order valence-electron chi connectivity index (χ2n) is 8.89. The van der Waals surface area contributed by atoms with Crippen LogP contribution in [0, 0.1) is 5.82 Å². The molecule has 0 radical (unpaired) electrons. The standard InChI is InChI=1S/C28H26FN7O/c1-37-23-12-6-10-21(18-23)34-13-15-35(16-14-34)28-31-25(19-7-3-2-4-8-19)24-26(30)36(33-27(24)32-28)22-11-5-9-20(29)17-22/h2-12,17-18H,13-16,30H2,1H3. The van der Waals surface area contributed by atoms with Gasteiger partial charge < -0.3 is 20.3 Å². The Morgan fingerprint density at radius 3 is 2.30 bits per heavy atom. The van der Waals surface area contributed by atoms with E-state index in [1.165, 1.54) is 16.8 Å². The minimum absolute atomic E-state index is 0.361. The van der Waals surface area contributed by atoms with Crippen molar-refractivity contribution in [3.63, 3.8) is 0 Å². The van der Waals surface area contributed by atoms with E-state index in [2.05, 4.69) is 21.0 Å². The Morgan fingerprint density at radius 1 is 0.811 bits per heavy atom. The van der Waals surface area contributed by atoms with Crippen molar-refractivity contribution in [1.29, 1.82) is 0 Å². The van der Waals surface area contributed by atoms with E-state index in [0.717, 1.165) is 43.2 Å². The first-order chi connectivity index (χ1) is 18.1. The van der Waals surface area contributed by atoms with Crippen LogP contribution in [-0.2, 0) is 0 Å². The number of fused-ring (bicyclic) bond motifs is 1. The molecule has 6 rings (SSSR count). The Hall–Kier alpha value is -4.66. The zero-order valence-electron chi connectivity index (χ0n) is 20.4. The van der Waals surface area contributed by atoms with Gasteiger partial charge in [-0.25, -0.2) is 14.1 Å². The van der Waals surface area contributed by atoms with Gasteiger partial charge in [0.1, 0.15) is 17.4 Å². The Bertz CT molecular complexity index is 1560. The summed E-state index contributed by atoms with van der Waals surface area (Å²) in [5.41, 5.74) is 10.3. The van der Waals surface area contributed by atoms with Gasteiger partial charge in [-0.05, 0) is 30.3 Å². The Morgan fingerprint density at radius 2 is 1.54 bits per heavy atom. The third kappa shape index (κ3) is 4.29. The average molecular weight is 496 g/mol. The Balaban J connectivity index is 1.38. The summed E-state index contributed by atoms with van der Waals surface area (Å²) in [7, 11) is 1.68. The number of anilines is 3. The monoisotopic (exact) mass is 495 g/mol. The summed E-state index contributed by atoms with van der Waals surface area (Å²) < 4.78 is 20.9. The summed E-state index contributed by atoms with van der Waals surface area (Å²) in [5, 5.41) is 5.32. The molecule has 0 spiro atoms. The fraction of sp³-hybridized carbons (Fsp3) is 0.179. The van der Waals surface area contributed by atoms with Crippen molar-refractivity contribution in [3.8, 4) is 22.7 Å². The van der Waals surface area contributed by atoms with E-state index in [-0.39, 0.29) is 5.82 Å². The molecule has 1 fully saturated rings. The second kappa shape index (κ2) is 9.42. The number of piperazine rings is 1. The number of rotatable bonds is 5. The highest BCUT2D eigenvalue weighted by Gasteiger charge is 2.24. The zero-order chi connectivity index (χ0) is 25.4. The molecule has 186 valence electrons. The number of nitrogen functional groups attached to an aromatic ring is 1. The smallest absolute Gasteiger partial charge is 0.228 e. The third-order valence-corrected chi connectivity index (χ3v) is 6.64. The van der Waals surface area contributed by atoms with Crippen LogP contribution in [0.25, 0.3) is 28.0 Å². The van der Waals surface area contributed by atoms with Gasteiger partial charge in [0.05, 0.1) is 23.9 Å². The first kappa shape index (κ1) is 22.8. The van der Waals surface area contributed by atoms with Crippen molar-refractivity contribution in [1.82, 2.24) is 19.7 Å². The highest BCUT2D eigenvalue weighted by molar-refractivity contribution is 5.99. The molecule has 0 aliphatic carbocycles. The minimum Gasteiger partial charge on any atom is -0.497 e. The van der Waals surface area contributed by atoms with Gasteiger partial charge in [0.15, 0.2) is 5.65 Å². The number of nitrogens with zero attached hydrogens (tertiary/aromatic N) is 6.